The van der Waals surface area contributed by atoms with Gasteiger partial charge in [0.05, 0.1) is 13.1 Å². The molecule has 1 unspecified atom stereocenters. The largest absolute Gasteiger partial charge is 0.442 e. The summed E-state index contributed by atoms with van der Waals surface area (Å²) in [6.45, 7) is 2.86. The van der Waals surface area contributed by atoms with E-state index in [2.05, 4.69) is 5.32 Å². The van der Waals surface area contributed by atoms with Gasteiger partial charge in [-0.15, -0.1) is 11.3 Å². The van der Waals surface area contributed by atoms with Crippen LogP contribution in [-0.4, -0.2) is 31.2 Å². The Morgan fingerprint density at radius 2 is 2.17 bits per heavy atom. The first-order valence-corrected chi connectivity index (χ1v) is 8.84. The van der Waals surface area contributed by atoms with Crippen LogP contribution in [0.4, 0.5) is 9.80 Å². The fraction of sp³-hybridized carbons (Fsp3) is 0.333. The Hall–Kier alpha value is -2.34. The summed E-state index contributed by atoms with van der Waals surface area (Å²) >= 11 is 1.50. The van der Waals surface area contributed by atoms with Gasteiger partial charge in [-0.25, -0.2) is 4.79 Å². The molecule has 1 N–H and O–H groups in total. The zero-order chi connectivity index (χ0) is 16.9. The van der Waals surface area contributed by atoms with Crippen molar-refractivity contribution in [1.82, 2.24) is 5.32 Å². The Bertz CT molecular complexity index is 715. The van der Waals surface area contributed by atoms with Gasteiger partial charge in [-0.1, -0.05) is 24.3 Å². The van der Waals surface area contributed by atoms with E-state index in [0.29, 0.717) is 25.9 Å². The number of cyclic esters (lactones) is 1. The maximum atomic E-state index is 12.0. The molecule has 1 aromatic carbocycles. The summed E-state index contributed by atoms with van der Waals surface area (Å²) in [7, 11) is 0. The third kappa shape index (κ3) is 3.94. The number of hydrogen-bond donors (Lipinski definition) is 1. The van der Waals surface area contributed by atoms with Crippen molar-refractivity contribution in [3.63, 3.8) is 0 Å². The van der Waals surface area contributed by atoms with Crippen molar-refractivity contribution < 1.29 is 14.3 Å². The van der Waals surface area contributed by atoms with Crippen LogP contribution in [0.3, 0.4) is 0 Å². The number of nitrogens with zero attached hydrogens (tertiary/aromatic N) is 1. The van der Waals surface area contributed by atoms with Crippen molar-refractivity contribution in [2.45, 2.75) is 25.9 Å². The van der Waals surface area contributed by atoms with Gasteiger partial charge in [0.1, 0.15) is 11.1 Å². The molecular formula is C18H20N2O3S. The lowest BCUT2D eigenvalue weighted by molar-refractivity contribution is -0.121. The molecule has 0 radical (unpaired) electrons. The standard InChI is InChI=1S/C18H20N2O3S/c1-13-5-2-3-6-14(13)8-9-16(21)19-11-15-12-20(18(22)23-15)17-7-4-10-24-17/h2-7,10,15H,8-9,11-12H2,1H3,(H,19,21). The second-order valence-electron chi connectivity index (χ2n) is 5.80. The highest BCUT2D eigenvalue weighted by Crippen LogP contribution is 2.26. The fourth-order valence-corrected chi connectivity index (χ4v) is 3.42. The molecule has 126 valence electrons. The molecule has 5 nitrogen and oxygen atoms in total. The average Bonchev–Trinajstić information content (AvgIpc) is 3.21. The Labute approximate surface area is 145 Å². The van der Waals surface area contributed by atoms with Gasteiger partial charge in [-0.3, -0.25) is 9.69 Å². The quantitative estimate of drug-likeness (QED) is 0.876. The van der Waals surface area contributed by atoms with Crippen LogP contribution >= 0.6 is 11.3 Å². The molecule has 1 aliphatic rings. The summed E-state index contributed by atoms with van der Waals surface area (Å²) in [5, 5.41) is 5.65. The molecule has 1 fully saturated rings. The second kappa shape index (κ2) is 7.49. The zero-order valence-electron chi connectivity index (χ0n) is 13.5. The number of carbonyl (C=O) groups is 2. The molecule has 2 heterocycles. The summed E-state index contributed by atoms with van der Waals surface area (Å²) in [5.41, 5.74) is 2.38. The monoisotopic (exact) mass is 344 g/mol. The molecule has 6 heteroatoms. The molecule has 2 aromatic rings. The Morgan fingerprint density at radius 1 is 1.33 bits per heavy atom. The predicted molar refractivity (Wildman–Crippen MR) is 94.4 cm³/mol. The first-order chi connectivity index (χ1) is 11.6. The lowest BCUT2D eigenvalue weighted by Crippen LogP contribution is -2.34. The number of nitrogens with one attached hydrogen (secondary N) is 1. The van der Waals surface area contributed by atoms with Gasteiger partial charge in [0, 0.05) is 6.42 Å². The van der Waals surface area contributed by atoms with Gasteiger partial charge in [0.2, 0.25) is 5.91 Å². The number of amides is 2. The minimum Gasteiger partial charge on any atom is -0.442 e. The lowest BCUT2D eigenvalue weighted by Gasteiger charge is -2.11. The first kappa shape index (κ1) is 16.5. The predicted octanol–water partition coefficient (Wildman–Crippen LogP) is 3.13. The van der Waals surface area contributed by atoms with E-state index < -0.39 is 0 Å². The fourth-order valence-electron chi connectivity index (χ4n) is 2.69. The highest BCUT2D eigenvalue weighted by molar-refractivity contribution is 7.14. The van der Waals surface area contributed by atoms with E-state index >= 15 is 0 Å². The van der Waals surface area contributed by atoms with E-state index in [1.165, 1.54) is 22.5 Å². The lowest BCUT2D eigenvalue weighted by atomic mass is 10.0. The number of anilines is 1. The number of thiophene rings is 1. The van der Waals surface area contributed by atoms with E-state index in [9.17, 15) is 9.59 Å². The summed E-state index contributed by atoms with van der Waals surface area (Å²) in [4.78, 5) is 25.5. The van der Waals surface area contributed by atoms with Gasteiger partial charge in [-0.2, -0.15) is 0 Å². The van der Waals surface area contributed by atoms with Crippen LogP contribution in [-0.2, 0) is 16.0 Å². The topological polar surface area (TPSA) is 58.6 Å². The number of aryl methyl sites for hydroxylation is 2. The van der Waals surface area contributed by atoms with E-state index in [1.54, 1.807) is 4.90 Å². The number of benzene rings is 1. The first-order valence-electron chi connectivity index (χ1n) is 7.96. The normalized spacial score (nSPS) is 17.0. The number of rotatable bonds is 6. The zero-order valence-corrected chi connectivity index (χ0v) is 14.3. The molecule has 0 saturated carbocycles. The van der Waals surface area contributed by atoms with Gasteiger partial charge in [0.15, 0.2) is 0 Å². The molecule has 0 spiro atoms. The van der Waals surface area contributed by atoms with Crippen LogP contribution in [0.25, 0.3) is 0 Å². The van der Waals surface area contributed by atoms with Crippen LogP contribution in [0.5, 0.6) is 0 Å². The molecule has 1 aromatic heterocycles. The van der Waals surface area contributed by atoms with E-state index in [0.717, 1.165) is 5.00 Å². The Morgan fingerprint density at radius 3 is 2.92 bits per heavy atom. The summed E-state index contributed by atoms with van der Waals surface area (Å²) in [6.07, 6.45) is 0.489. The van der Waals surface area contributed by atoms with Crippen molar-refractivity contribution >= 4 is 28.3 Å². The van der Waals surface area contributed by atoms with Crippen LogP contribution in [0.2, 0.25) is 0 Å². The molecule has 0 aliphatic carbocycles. The summed E-state index contributed by atoms with van der Waals surface area (Å²) < 4.78 is 5.31. The smallest absolute Gasteiger partial charge is 0.415 e. The Kier molecular flexibility index (Phi) is 5.15. The average molecular weight is 344 g/mol. The number of hydrogen-bond acceptors (Lipinski definition) is 4. The van der Waals surface area contributed by atoms with Crippen LogP contribution in [0, 0.1) is 6.92 Å². The van der Waals surface area contributed by atoms with Crippen molar-refractivity contribution in [2.75, 3.05) is 18.0 Å². The third-order valence-electron chi connectivity index (χ3n) is 4.06. The van der Waals surface area contributed by atoms with Crippen LogP contribution < -0.4 is 10.2 Å². The van der Waals surface area contributed by atoms with Gasteiger partial charge in [-0.05, 0) is 42.0 Å². The SMILES string of the molecule is Cc1ccccc1CCC(=O)NCC1CN(c2cccs2)C(=O)O1. The minimum atomic E-state index is -0.350. The van der Waals surface area contributed by atoms with E-state index in [1.807, 2.05) is 48.7 Å². The number of carbonyl (C=O) groups excluding carboxylic acids is 2. The Balaban J connectivity index is 1.44. The molecule has 1 aliphatic heterocycles. The van der Waals surface area contributed by atoms with E-state index in [4.69, 9.17) is 4.74 Å². The van der Waals surface area contributed by atoms with Crippen molar-refractivity contribution in [2.24, 2.45) is 0 Å². The van der Waals surface area contributed by atoms with Crippen molar-refractivity contribution in [3.8, 4) is 0 Å². The van der Waals surface area contributed by atoms with Crippen molar-refractivity contribution in [1.29, 1.82) is 0 Å². The van der Waals surface area contributed by atoms with Crippen molar-refractivity contribution in [3.05, 3.63) is 52.9 Å². The highest BCUT2D eigenvalue weighted by atomic mass is 32.1. The van der Waals surface area contributed by atoms with Crippen LogP contribution in [0.15, 0.2) is 41.8 Å². The van der Waals surface area contributed by atoms with Crippen LogP contribution in [0.1, 0.15) is 17.5 Å². The molecule has 2 amide bonds. The summed E-state index contributed by atoms with van der Waals surface area (Å²) in [5.74, 6) is -0.0242. The van der Waals surface area contributed by atoms with E-state index in [-0.39, 0.29) is 18.1 Å². The highest BCUT2D eigenvalue weighted by Gasteiger charge is 2.32. The molecular weight excluding hydrogens is 324 g/mol. The molecule has 0 bridgehead atoms. The van der Waals surface area contributed by atoms with Gasteiger partial charge in [0.25, 0.3) is 0 Å². The van der Waals surface area contributed by atoms with Gasteiger partial charge >= 0.3 is 6.09 Å². The number of ether oxygens (including phenoxy) is 1. The molecule has 1 saturated heterocycles. The maximum Gasteiger partial charge on any atom is 0.415 e. The molecule has 1 atom stereocenters. The maximum absolute atomic E-state index is 12.0. The molecule has 3 rings (SSSR count). The van der Waals surface area contributed by atoms with Gasteiger partial charge < -0.3 is 10.1 Å². The summed E-state index contributed by atoms with van der Waals surface area (Å²) in [6, 6.07) is 11.8. The third-order valence-corrected chi connectivity index (χ3v) is 4.95. The minimum absolute atomic E-state index is 0.0242. The second-order valence-corrected chi connectivity index (χ2v) is 6.72. The molecule has 24 heavy (non-hydrogen) atoms.